The quantitative estimate of drug-likeness (QED) is 0.751. The molecule has 0 atom stereocenters. The Hall–Kier alpha value is -3.21. The normalized spacial score (nSPS) is 10.5. The first-order valence-electron chi connectivity index (χ1n) is 6.57. The molecule has 0 fully saturated rings. The van der Waals surface area contributed by atoms with Gasteiger partial charge < -0.3 is 5.11 Å². The minimum absolute atomic E-state index is 0.184. The van der Waals surface area contributed by atoms with Crippen molar-refractivity contribution >= 4 is 17.3 Å². The molecule has 0 unspecified atom stereocenters. The van der Waals surface area contributed by atoms with Gasteiger partial charge in [0.1, 0.15) is 5.56 Å². The molecule has 0 aliphatic rings. The highest BCUT2D eigenvalue weighted by Crippen LogP contribution is 2.16. The third-order valence-electron chi connectivity index (χ3n) is 3.38. The maximum Gasteiger partial charge on any atom is 0.341 e. The summed E-state index contributed by atoms with van der Waals surface area (Å²) in [5.41, 5.74) is -0.0888. The Morgan fingerprint density at radius 1 is 0.909 bits per heavy atom. The largest absolute Gasteiger partial charge is 0.477 e. The molecule has 1 aromatic carbocycles. The number of carbonyl (C=O) groups is 2. The number of hydrogen-bond acceptors (Lipinski definition) is 3. The number of pyridine rings is 2. The van der Waals surface area contributed by atoms with E-state index in [0.717, 1.165) is 6.07 Å². The Bertz CT molecular complexity index is 942. The molecule has 1 N–H and O–H groups in total. The average Bonchev–Trinajstić information content (AvgIpc) is 2.55. The summed E-state index contributed by atoms with van der Waals surface area (Å²) in [4.78, 5) is 36.0. The maximum atomic E-state index is 12.6. The lowest BCUT2D eigenvalue weighted by atomic mass is 10.0. The van der Waals surface area contributed by atoms with E-state index < -0.39 is 17.1 Å². The molecule has 0 aliphatic heterocycles. The first-order chi connectivity index (χ1) is 10.6. The van der Waals surface area contributed by atoms with Gasteiger partial charge in [0.15, 0.2) is 5.78 Å². The molecule has 22 heavy (non-hydrogen) atoms. The zero-order chi connectivity index (χ0) is 15.7. The van der Waals surface area contributed by atoms with Crippen LogP contribution in [-0.4, -0.2) is 21.3 Å². The fourth-order valence-electron chi connectivity index (χ4n) is 2.33. The van der Waals surface area contributed by atoms with E-state index in [-0.39, 0.29) is 11.3 Å². The van der Waals surface area contributed by atoms with Gasteiger partial charge in [0, 0.05) is 17.3 Å². The molecule has 0 radical (unpaired) electrons. The lowest BCUT2D eigenvalue weighted by Crippen LogP contribution is -2.24. The van der Waals surface area contributed by atoms with Crippen LogP contribution in [-0.2, 0) is 0 Å². The van der Waals surface area contributed by atoms with E-state index in [4.69, 9.17) is 0 Å². The topological polar surface area (TPSA) is 75.8 Å². The average molecular weight is 293 g/mol. The molecule has 108 valence electrons. The van der Waals surface area contributed by atoms with Gasteiger partial charge in [-0.2, -0.15) is 0 Å². The van der Waals surface area contributed by atoms with Gasteiger partial charge in [-0.3, -0.25) is 14.0 Å². The molecule has 0 aliphatic carbocycles. The number of rotatable bonds is 3. The Labute approximate surface area is 125 Å². The van der Waals surface area contributed by atoms with E-state index in [1.807, 2.05) is 0 Å². The molecule has 5 nitrogen and oxygen atoms in total. The second-order valence-electron chi connectivity index (χ2n) is 4.73. The summed E-state index contributed by atoms with van der Waals surface area (Å²) in [6.45, 7) is 0. The molecule has 3 rings (SSSR count). The molecule has 3 aromatic rings. The van der Waals surface area contributed by atoms with Crippen LogP contribution in [0, 0.1) is 0 Å². The van der Waals surface area contributed by atoms with Gasteiger partial charge >= 0.3 is 5.97 Å². The lowest BCUT2D eigenvalue weighted by Gasteiger charge is -2.08. The Balaban J connectivity index is 2.34. The van der Waals surface area contributed by atoms with Gasteiger partial charge in [-0.25, -0.2) is 4.79 Å². The first-order valence-corrected chi connectivity index (χ1v) is 6.57. The standard InChI is InChI=1S/C17H11NO4/c19-15(11-6-2-1-3-7-11)12-10-13(17(21)22)16(20)18-9-5-4-8-14(12)18/h1-10H,(H,21,22). The summed E-state index contributed by atoms with van der Waals surface area (Å²) < 4.78 is 1.18. The summed E-state index contributed by atoms with van der Waals surface area (Å²) in [7, 11) is 0. The maximum absolute atomic E-state index is 12.6. The molecule has 5 heteroatoms. The highest BCUT2D eigenvalue weighted by Gasteiger charge is 2.19. The summed E-state index contributed by atoms with van der Waals surface area (Å²) in [5, 5.41) is 9.18. The molecule has 0 bridgehead atoms. The van der Waals surface area contributed by atoms with Crippen LogP contribution in [0.3, 0.4) is 0 Å². The van der Waals surface area contributed by atoms with Crippen LogP contribution in [0.4, 0.5) is 0 Å². The van der Waals surface area contributed by atoms with E-state index in [1.165, 1.54) is 10.6 Å². The van der Waals surface area contributed by atoms with Gasteiger partial charge in [-0.15, -0.1) is 0 Å². The van der Waals surface area contributed by atoms with Crippen LogP contribution in [0.25, 0.3) is 5.52 Å². The number of ketones is 1. The Morgan fingerprint density at radius 3 is 2.27 bits per heavy atom. The fourth-order valence-corrected chi connectivity index (χ4v) is 2.33. The lowest BCUT2D eigenvalue weighted by molar-refractivity contribution is 0.0695. The predicted octanol–water partition coefficient (Wildman–Crippen LogP) is 2.23. The molecule has 0 spiro atoms. The minimum Gasteiger partial charge on any atom is -0.477 e. The van der Waals surface area contributed by atoms with Crippen LogP contribution in [0.15, 0.2) is 65.6 Å². The van der Waals surface area contributed by atoms with Crippen LogP contribution < -0.4 is 5.56 Å². The van der Waals surface area contributed by atoms with Crippen molar-refractivity contribution in [3.05, 3.63) is 87.8 Å². The number of carbonyl (C=O) groups excluding carboxylic acids is 1. The first kappa shape index (κ1) is 13.8. The van der Waals surface area contributed by atoms with Crippen molar-refractivity contribution in [3.63, 3.8) is 0 Å². The van der Waals surface area contributed by atoms with E-state index in [0.29, 0.717) is 11.1 Å². The number of hydrogen-bond donors (Lipinski definition) is 1. The van der Waals surface area contributed by atoms with Crippen molar-refractivity contribution in [2.24, 2.45) is 0 Å². The third kappa shape index (κ3) is 2.18. The SMILES string of the molecule is O=C(O)c1cc(C(=O)c2ccccc2)c2ccccn2c1=O. The number of aromatic nitrogens is 1. The zero-order valence-electron chi connectivity index (χ0n) is 11.4. The summed E-state index contributed by atoms with van der Waals surface area (Å²) in [5.74, 6) is -1.68. The summed E-state index contributed by atoms with van der Waals surface area (Å²) in [6, 6.07) is 14.6. The molecular weight excluding hydrogens is 282 g/mol. The molecule has 2 aromatic heterocycles. The van der Waals surface area contributed by atoms with Crippen LogP contribution in [0.1, 0.15) is 26.3 Å². The second kappa shape index (κ2) is 5.29. The van der Waals surface area contributed by atoms with Crippen molar-refractivity contribution < 1.29 is 14.7 Å². The van der Waals surface area contributed by atoms with E-state index in [9.17, 15) is 19.5 Å². The number of carboxylic acids is 1. The van der Waals surface area contributed by atoms with E-state index in [2.05, 4.69) is 0 Å². The van der Waals surface area contributed by atoms with Gasteiger partial charge in [-0.05, 0) is 18.2 Å². The molecule has 2 heterocycles. The van der Waals surface area contributed by atoms with Gasteiger partial charge in [0.05, 0.1) is 5.52 Å². The van der Waals surface area contributed by atoms with Crippen molar-refractivity contribution in [1.29, 1.82) is 0 Å². The van der Waals surface area contributed by atoms with E-state index >= 15 is 0 Å². The molecule has 0 saturated carbocycles. The van der Waals surface area contributed by atoms with Gasteiger partial charge in [-0.1, -0.05) is 36.4 Å². The Morgan fingerprint density at radius 2 is 1.59 bits per heavy atom. The fraction of sp³-hybridized carbons (Fsp3) is 0. The van der Waals surface area contributed by atoms with Crippen molar-refractivity contribution in [2.75, 3.05) is 0 Å². The zero-order valence-corrected chi connectivity index (χ0v) is 11.4. The number of nitrogens with zero attached hydrogens (tertiary/aromatic N) is 1. The highest BCUT2D eigenvalue weighted by atomic mass is 16.4. The number of benzene rings is 1. The van der Waals surface area contributed by atoms with Crippen LogP contribution >= 0.6 is 0 Å². The predicted molar refractivity (Wildman–Crippen MR) is 80.5 cm³/mol. The van der Waals surface area contributed by atoms with Gasteiger partial charge in [0.2, 0.25) is 0 Å². The van der Waals surface area contributed by atoms with Crippen molar-refractivity contribution in [1.82, 2.24) is 4.40 Å². The number of fused-ring (bicyclic) bond motifs is 1. The minimum atomic E-state index is -1.36. The van der Waals surface area contributed by atoms with E-state index in [1.54, 1.807) is 48.5 Å². The molecule has 0 amide bonds. The van der Waals surface area contributed by atoms with Crippen LogP contribution in [0.2, 0.25) is 0 Å². The smallest absolute Gasteiger partial charge is 0.341 e. The second-order valence-corrected chi connectivity index (χ2v) is 4.73. The molecular formula is C17H11NO4. The number of carboxylic acid groups (broad SMARTS) is 1. The van der Waals surface area contributed by atoms with Crippen molar-refractivity contribution in [2.45, 2.75) is 0 Å². The molecule has 0 saturated heterocycles. The van der Waals surface area contributed by atoms with Crippen molar-refractivity contribution in [3.8, 4) is 0 Å². The monoisotopic (exact) mass is 293 g/mol. The van der Waals surface area contributed by atoms with Gasteiger partial charge in [0.25, 0.3) is 5.56 Å². The summed E-state index contributed by atoms with van der Waals surface area (Å²) >= 11 is 0. The van der Waals surface area contributed by atoms with Crippen LogP contribution in [0.5, 0.6) is 0 Å². The summed E-state index contributed by atoms with van der Waals surface area (Å²) in [6.07, 6.45) is 1.45. The Kier molecular flexibility index (Phi) is 3.31. The third-order valence-corrected chi connectivity index (χ3v) is 3.38. The highest BCUT2D eigenvalue weighted by molar-refractivity contribution is 6.13. The number of aromatic carboxylic acids is 1.